The molecular formula is C12H17NO2S2. The first-order chi connectivity index (χ1) is 8.00. The van der Waals surface area contributed by atoms with E-state index in [2.05, 4.69) is 17.9 Å². The van der Waals surface area contributed by atoms with Crippen molar-refractivity contribution in [3.05, 3.63) is 29.3 Å². The highest BCUT2D eigenvalue weighted by Crippen LogP contribution is 2.13. The number of aryl methyl sites for hydroxylation is 1. The second-order valence-corrected chi connectivity index (χ2v) is 5.96. The van der Waals surface area contributed by atoms with Crippen molar-refractivity contribution in [2.24, 2.45) is 0 Å². The maximum absolute atomic E-state index is 11.8. The molecule has 17 heavy (non-hydrogen) atoms. The Morgan fingerprint density at radius 3 is 2.82 bits per heavy atom. The summed E-state index contributed by atoms with van der Waals surface area (Å²) in [7, 11) is -0.796. The fourth-order valence-corrected chi connectivity index (χ4v) is 2.18. The van der Waals surface area contributed by atoms with Crippen LogP contribution in [0.1, 0.15) is 22.3 Å². The Kier molecular flexibility index (Phi) is 5.71. The van der Waals surface area contributed by atoms with Crippen LogP contribution in [0.15, 0.2) is 23.1 Å². The van der Waals surface area contributed by atoms with Crippen LogP contribution >= 0.6 is 12.6 Å². The maximum atomic E-state index is 11.8. The number of nitrogens with one attached hydrogen (secondary N) is 1. The molecule has 0 saturated heterocycles. The van der Waals surface area contributed by atoms with Crippen LogP contribution in [0.5, 0.6) is 0 Å². The maximum Gasteiger partial charge on any atom is 0.251 e. The minimum atomic E-state index is -0.796. The highest BCUT2D eigenvalue weighted by molar-refractivity contribution is 7.84. The van der Waals surface area contributed by atoms with Crippen LogP contribution in [0.25, 0.3) is 0 Å². The first kappa shape index (κ1) is 14.3. The number of rotatable bonds is 5. The van der Waals surface area contributed by atoms with Crippen LogP contribution in [-0.4, -0.2) is 28.7 Å². The lowest BCUT2D eigenvalue weighted by Crippen LogP contribution is -2.26. The summed E-state index contributed by atoms with van der Waals surface area (Å²) in [6.45, 7) is 2.44. The molecule has 0 aromatic heterocycles. The largest absolute Gasteiger partial charge is 0.352 e. The van der Waals surface area contributed by atoms with Crippen molar-refractivity contribution in [1.82, 2.24) is 5.32 Å². The van der Waals surface area contributed by atoms with E-state index in [0.717, 1.165) is 16.9 Å². The lowest BCUT2D eigenvalue weighted by Gasteiger charge is -2.07. The Labute approximate surface area is 110 Å². The molecule has 0 heterocycles. The zero-order valence-electron chi connectivity index (χ0n) is 10.0. The number of carbonyl (C=O) groups is 1. The molecule has 3 nitrogen and oxygen atoms in total. The summed E-state index contributed by atoms with van der Waals surface area (Å²) in [5.41, 5.74) is 1.58. The summed E-state index contributed by atoms with van der Waals surface area (Å²) in [4.78, 5) is 12.6. The van der Waals surface area contributed by atoms with E-state index in [9.17, 15) is 9.00 Å². The molecule has 1 amide bonds. The Morgan fingerprint density at radius 2 is 2.18 bits per heavy atom. The topological polar surface area (TPSA) is 46.2 Å². The number of thiol groups is 1. The zero-order valence-corrected chi connectivity index (χ0v) is 11.7. The minimum Gasteiger partial charge on any atom is -0.352 e. The monoisotopic (exact) mass is 271 g/mol. The third kappa shape index (κ3) is 4.91. The number of amides is 1. The number of carbonyl (C=O) groups excluding carboxylic acids is 1. The third-order valence-corrected chi connectivity index (χ3v) is 3.50. The molecule has 1 aromatic carbocycles. The molecule has 0 bridgehead atoms. The van der Waals surface area contributed by atoms with Crippen LogP contribution in [0.2, 0.25) is 0 Å². The van der Waals surface area contributed by atoms with Crippen molar-refractivity contribution in [2.75, 3.05) is 18.6 Å². The predicted octanol–water partition coefficient (Wildman–Crippen LogP) is 1.78. The van der Waals surface area contributed by atoms with Gasteiger partial charge in [-0.05, 0) is 31.0 Å². The molecular weight excluding hydrogens is 254 g/mol. The van der Waals surface area contributed by atoms with Gasteiger partial charge in [0.25, 0.3) is 5.91 Å². The molecule has 1 rings (SSSR count). The fourth-order valence-electron chi connectivity index (χ4n) is 1.43. The van der Waals surface area contributed by atoms with Gasteiger partial charge in [-0.2, -0.15) is 0 Å². The van der Waals surface area contributed by atoms with Gasteiger partial charge in [0, 0.05) is 39.8 Å². The zero-order chi connectivity index (χ0) is 12.8. The lowest BCUT2D eigenvalue weighted by molar-refractivity contribution is 0.0953. The van der Waals surface area contributed by atoms with E-state index >= 15 is 0 Å². The standard InChI is InChI=1S/C12H17NO2S2/c1-9-4-5-10(16)8-11(9)12(14)13-6-3-7-17(2)15/h4-5,8,16H,3,6-7H2,1-2H3,(H,13,14). The summed E-state index contributed by atoms with van der Waals surface area (Å²) in [5, 5.41) is 2.82. The smallest absolute Gasteiger partial charge is 0.251 e. The van der Waals surface area contributed by atoms with E-state index in [0.29, 0.717) is 17.9 Å². The van der Waals surface area contributed by atoms with Crippen LogP contribution in [0.3, 0.4) is 0 Å². The Morgan fingerprint density at radius 1 is 1.47 bits per heavy atom. The minimum absolute atomic E-state index is 0.0970. The summed E-state index contributed by atoms with van der Waals surface area (Å²) in [6, 6.07) is 5.49. The van der Waals surface area contributed by atoms with Gasteiger partial charge in [-0.3, -0.25) is 9.00 Å². The van der Waals surface area contributed by atoms with Crippen molar-refractivity contribution < 1.29 is 9.00 Å². The van der Waals surface area contributed by atoms with Crippen LogP contribution in [0, 0.1) is 6.92 Å². The Hall–Kier alpha value is -0.810. The van der Waals surface area contributed by atoms with E-state index < -0.39 is 10.8 Å². The average molecular weight is 271 g/mol. The molecule has 94 valence electrons. The molecule has 5 heteroatoms. The van der Waals surface area contributed by atoms with Gasteiger partial charge in [0.1, 0.15) is 0 Å². The van der Waals surface area contributed by atoms with Crippen LogP contribution in [0.4, 0.5) is 0 Å². The molecule has 0 aliphatic heterocycles. The highest BCUT2D eigenvalue weighted by atomic mass is 32.2. The molecule has 0 aliphatic rings. The van der Waals surface area contributed by atoms with Crippen molar-refractivity contribution >= 4 is 29.3 Å². The van der Waals surface area contributed by atoms with Gasteiger partial charge in [0.2, 0.25) is 0 Å². The second kappa shape index (κ2) is 6.81. The van der Waals surface area contributed by atoms with E-state index in [1.807, 2.05) is 19.1 Å². The Balaban J connectivity index is 2.52. The third-order valence-electron chi connectivity index (χ3n) is 2.36. The Bertz CT molecular complexity index is 433. The highest BCUT2D eigenvalue weighted by Gasteiger charge is 2.08. The van der Waals surface area contributed by atoms with Crippen molar-refractivity contribution in [2.45, 2.75) is 18.2 Å². The summed E-state index contributed by atoms with van der Waals surface area (Å²) in [5.74, 6) is 0.520. The summed E-state index contributed by atoms with van der Waals surface area (Å²) in [6.07, 6.45) is 2.39. The first-order valence-electron chi connectivity index (χ1n) is 5.38. The SMILES string of the molecule is Cc1ccc(S)cc1C(=O)NCCCS(C)=O. The lowest BCUT2D eigenvalue weighted by atomic mass is 10.1. The molecule has 0 saturated carbocycles. The van der Waals surface area contributed by atoms with Gasteiger partial charge < -0.3 is 5.32 Å². The molecule has 0 fully saturated rings. The molecule has 0 radical (unpaired) electrons. The molecule has 1 atom stereocenters. The predicted molar refractivity (Wildman–Crippen MR) is 74.3 cm³/mol. The van der Waals surface area contributed by atoms with E-state index in [1.54, 1.807) is 12.3 Å². The van der Waals surface area contributed by atoms with Gasteiger partial charge in [-0.25, -0.2) is 0 Å². The van der Waals surface area contributed by atoms with Crippen LogP contribution < -0.4 is 5.32 Å². The molecule has 1 aromatic rings. The van der Waals surface area contributed by atoms with Crippen molar-refractivity contribution in [1.29, 1.82) is 0 Å². The van der Waals surface area contributed by atoms with Gasteiger partial charge in [-0.15, -0.1) is 12.6 Å². The van der Waals surface area contributed by atoms with Gasteiger partial charge in [-0.1, -0.05) is 6.07 Å². The van der Waals surface area contributed by atoms with Crippen LogP contribution in [-0.2, 0) is 10.8 Å². The second-order valence-electron chi connectivity index (χ2n) is 3.89. The average Bonchev–Trinajstić information content (AvgIpc) is 2.27. The van der Waals surface area contributed by atoms with Gasteiger partial charge >= 0.3 is 0 Å². The van der Waals surface area contributed by atoms with Gasteiger partial charge in [0.15, 0.2) is 0 Å². The molecule has 0 aliphatic carbocycles. The summed E-state index contributed by atoms with van der Waals surface area (Å²) < 4.78 is 10.8. The number of hydrogen-bond donors (Lipinski definition) is 2. The van der Waals surface area contributed by atoms with E-state index in [4.69, 9.17) is 0 Å². The quantitative estimate of drug-likeness (QED) is 0.633. The molecule has 1 N–H and O–H groups in total. The number of hydrogen-bond acceptors (Lipinski definition) is 3. The van der Waals surface area contributed by atoms with E-state index in [-0.39, 0.29) is 5.91 Å². The van der Waals surface area contributed by atoms with E-state index in [1.165, 1.54) is 0 Å². The normalized spacial score (nSPS) is 12.2. The molecule has 1 unspecified atom stereocenters. The summed E-state index contributed by atoms with van der Waals surface area (Å²) >= 11 is 4.21. The number of benzene rings is 1. The van der Waals surface area contributed by atoms with Gasteiger partial charge in [0.05, 0.1) is 0 Å². The van der Waals surface area contributed by atoms with Crippen molar-refractivity contribution in [3.8, 4) is 0 Å². The van der Waals surface area contributed by atoms with Crippen molar-refractivity contribution in [3.63, 3.8) is 0 Å². The fraction of sp³-hybridized carbons (Fsp3) is 0.417. The first-order valence-corrected chi connectivity index (χ1v) is 7.56. The molecule has 0 spiro atoms.